The number of halogens is 1. The van der Waals surface area contributed by atoms with Crippen molar-refractivity contribution in [3.63, 3.8) is 0 Å². The standard InChI is InChI=1S/C25H22FN3O3/c1-16-4-8-18(9-5-16)27-25(30)23-15-22(21-13-12-20(31-2)14-24(21)32-3)28-29(23)19-10-6-17(26)7-11-19/h4-15H,1-3H3,(H,27,30). The Labute approximate surface area is 185 Å². The molecule has 3 aromatic carbocycles. The van der Waals surface area contributed by atoms with E-state index in [4.69, 9.17) is 9.47 Å². The maximum atomic E-state index is 13.5. The summed E-state index contributed by atoms with van der Waals surface area (Å²) in [5.74, 6) is 0.479. The number of hydrogen-bond donors (Lipinski definition) is 1. The van der Waals surface area contributed by atoms with E-state index in [1.165, 1.54) is 16.8 Å². The number of ether oxygens (including phenoxy) is 2. The molecule has 1 aromatic heterocycles. The first-order chi connectivity index (χ1) is 15.5. The number of benzene rings is 3. The largest absolute Gasteiger partial charge is 0.497 e. The number of aromatic nitrogens is 2. The van der Waals surface area contributed by atoms with Gasteiger partial charge in [-0.1, -0.05) is 17.7 Å². The molecule has 6 nitrogen and oxygen atoms in total. The third kappa shape index (κ3) is 4.32. The lowest BCUT2D eigenvalue weighted by atomic mass is 10.1. The van der Waals surface area contributed by atoms with Gasteiger partial charge in [-0.25, -0.2) is 9.07 Å². The van der Waals surface area contributed by atoms with Gasteiger partial charge in [-0.05, 0) is 61.5 Å². The predicted molar refractivity (Wildman–Crippen MR) is 121 cm³/mol. The lowest BCUT2D eigenvalue weighted by Crippen LogP contribution is -2.17. The minimum Gasteiger partial charge on any atom is -0.497 e. The monoisotopic (exact) mass is 431 g/mol. The number of carbonyl (C=O) groups is 1. The normalized spacial score (nSPS) is 10.6. The molecule has 0 saturated carbocycles. The first-order valence-electron chi connectivity index (χ1n) is 9.95. The Bertz CT molecular complexity index is 1250. The van der Waals surface area contributed by atoms with Gasteiger partial charge in [0.25, 0.3) is 5.91 Å². The van der Waals surface area contributed by atoms with Crippen LogP contribution in [0.3, 0.4) is 0 Å². The third-order valence-electron chi connectivity index (χ3n) is 5.01. The van der Waals surface area contributed by atoms with Crippen LogP contribution in [0.1, 0.15) is 16.1 Å². The summed E-state index contributed by atoms with van der Waals surface area (Å²) in [5.41, 5.74) is 3.83. The van der Waals surface area contributed by atoms with Gasteiger partial charge in [-0.2, -0.15) is 5.10 Å². The minimum atomic E-state index is -0.372. The van der Waals surface area contributed by atoms with Crippen molar-refractivity contribution in [3.8, 4) is 28.4 Å². The van der Waals surface area contributed by atoms with Crippen molar-refractivity contribution in [1.29, 1.82) is 0 Å². The average Bonchev–Trinajstić information content (AvgIpc) is 3.26. The second kappa shape index (κ2) is 8.93. The van der Waals surface area contributed by atoms with Crippen molar-refractivity contribution in [3.05, 3.63) is 89.9 Å². The maximum Gasteiger partial charge on any atom is 0.274 e. The summed E-state index contributed by atoms with van der Waals surface area (Å²) in [6.07, 6.45) is 0. The van der Waals surface area contributed by atoms with Gasteiger partial charge in [0.2, 0.25) is 0 Å². The van der Waals surface area contributed by atoms with Gasteiger partial charge in [0, 0.05) is 17.3 Å². The number of hydrogen-bond acceptors (Lipinski definition) is 4. The zero-order valence-electron chi connectivity index (χ0n) is 17.9. The van der Waals surface area contributed by atoms with Crippen LogP contribution in [0.25, 0.3) is 16.9 Å². The Kier molecular flexibility index (Phi) is 5.89. The molecule has 32 heavy (non-hydrogen) atoms. The Hall–Kier alpha value is -4.13. The fourth-order valence-corrected chi connectivity index (χ4v) is 3.30. The molecule has 0 aliphatic heterocycles. The van der Waals surface area contributed by atoms with E-state index in [-0.39, 0.29) is 11.7 Å². The van der Waals surface area contributed by atoms with Gasteiger partial charge in [0.05, 0.1) is 25.6 Å². The topological polar surface area (TPSA) is 65.4 Å². The second-order valence-corrected chi connectivity index (χ2v) is 7.19. The molecule has 0 unspecified atom stereocenters. The molecule has 0 fully saturated rings. The molecule has 7 heteroatoms. The van der Waals surface area contributed by atoms with Crippen molar-refractivity contribution in [1.82, 2.24) is 9.78 Å². The van der Waals surface area contributed by atoms with Crippen molar-refractivity contribution >= 4 is 11.6 Å². The Morgan fingerprint density at radius 3 is 2.31 bits per heavy atom. The summed E-state index contributed by atoms with van der Waals surface area (Å²) >= 11 is 0. The predicted octanol–water partition coefficient (Wildman–Crippen LogP) is 5.26. The van der Waals surface area contributed by atoms with Gasteiger partial charge in [-0.15, -0.1) is 0 Å². The molecule has 1 amide bonds. The van der Waals surface area contributed by atoms with E-state index < -0.39 is 0 Å². The molecule has 162 valence electrons. The van der Waals surface area contributed by atoms with E-state index in [0.717, 1.165) is 5.56 Å². The summed E-state index contributed by atoms with van der Waals surface area (Å²) in [6.45, 7) is 1.98. The number of rotatable bonds is 6. The molecule has 0 aliphatic carbocycles. The molecule has 0 spiro atoms. The number of anilines is 1. The Balaban J connectivity index is 1.79. The number of methoxy groups -OCH3 is 2. The SMILES string of the molecule is COc1ccc(-c2cc(C(=O)Nc3ccc(C)cc3)n(-c3ccc(F)cc3)n2)c(OC)c1. The summed E-state index contributed by atoms with van der Waals surface area (Å²) in [5, 5.41) is 7.53. The lowest BCUT2D eigenvalue weighted by Gasteiger charge is -2.09. The van der Waals surface area contributed by atoms with Crippen LogP contribution in [0.2, 0.25) is 0 Å². The third-order valence-corrected chi connectivity index (χ3v) is 5.01. The highest BCUT2D eigenvalue weighted by molar-refractivity contribution is 6.04. The van der Waals surface area contributed by atoms with E-state index in [2.05, 4.69) is 10.4 Å². The molecule has 0 atom stereocenters. The molecular weight excluding hydrogens is 409 g/mol. The number of carbonyl (C=O) groups excluding carboxylic acids is 1. The fraction of sp³-hybridized carbons (Fsp3) is 0.120. The maximum absolute atomic E-state index is 13.5. The van der Waals surface area contributed by atoms with Gasteiger partial charge in [0.15, 0.2) is 0 Å². The number of nitrogens with zero attached hydrogens (tertiary/aromatic N) is 2. The fourth-order valence-electron chi connectivity index (χ4n) is 3.30. The highest BCUT2D eigenvalue weighted by Crippen LogP contribution is 2.33. The van der Waals surface area contributed by atoms with Crippen molar-refractivity contribution in [2.24, 2.45) is 0 Å². The first-order valence-corrected chi connectivity index (χ1v) is 9.95. The number of aryl methyl sites for hydroxylation is 1. The molecule has 0 radical (unpaired) electrons. The summed E-state index contributed by atoms with van der Waals surface area (Å²) in [6, 6.07) is 20.3. The molecular formula is C25H22FN3O3. The summed E-state index contributed by atoms with van der Waals surface area (Å²) in [4.78, 5) is 13.2. The molecule has 1 N–H and O–H groups in total. The molecule has 0 bridgehead atoms. The van der Waals surface area contributed by atoms with Crippen molar-refractivity contribution in [2.45, 2.75) is 6.92 Å². The summed E-state index contributed by atoms with van der Waals surface area (Å²) < 4.78 is 25.7. The van der Waals surface area contributed by atoms with Gasteiger partial charge >= 0.3 is 0 Å². The van der Waals surface area contributed by atoms with Gasteiger partial charge in [0.1, 0.15) is 23.0 Å². The van der Waals surface area contributed by atoms with Crippen LogP contribution >= 0.6 is 0 Å². The van der Waals surface area contributed by atoms with E-state index in [1.54, 1.807) is 44.6 Å². The Morgan fingerprint density at radius 2 is 1.66 bits per heavy atom. The van der Waals surface area contributed by atoms with Gasteiger partial charge < -0.3 is 14.8 Å². The number of nitrogens with one attached hydrogen (secondary N) is 1. The van der Waals surface area contributed by atoms with Crippen molar-refractivity contribution < 1.29 is 18.7 Å². The van der Waals surface area contributed by atoms with E-state index in [1.807, 2.05) is 37.3 Å². The van der Waals surface area contributed by atoms with Crippen LogP contribution in [-0.2, 0) is 0 Å². The Morgan fingerprint density at radius 1 is 0.938 bits per heavy atom. The second-order valence-electron chi connectivity index (χ2n) is 7.19. The van der Waals surface area contributed by atoms with Crippen LogP contribution in [0.15, 0.2) is 72.8 Å². The van der Waals surface area contributed by atoms with Gasteiger partial charge in [-0.3, -0.25) is 4.79 Å². The van der Waals surface area contributed by atoms with Crippen LogP contribution < -0.4 is 14.8 Å². The van der Waals surface area contributed by atoms with Crippen LogP contribution in [0.5, 0.6) is 11.5 Å². The van der Waals surface area contributed by atoms with Crippen LogP contribution in [0, 0.1) is 12.7 Å². The molecule has 0 aliphatic rings. The first kappa shape index (κ1) is 21.1. The zero-order chi connectivity index (χ0) is 22.7. The molecule has 0 saturated heterocycles. The smallest absolute Gasteiger partial charge is 0.274 e. The number of amides is 1. The quantitative estimate of drug-likeness (QED) is 0.453. The highest BCUT2D eigenvalue weighted by atomic mass is 19.1. The van der Waals surface area contributed by atoms with E-state index >= 15 is 0 Å². The van der Waals surface area contributed by atoms with Crippen molar-refractivity contribution in [2.75, 3.05) is 19.5 Å². The summed E-state index contributed by atoms with van der Waals surface area (Å²) in [7, 11) is 3.13. The molecule has 1 heterocycles. The zero-order valence-corrected chi connectivity index (χ0v) is 17.9. The van der Waals surface area contributed by atoms with Crippen LogP contribution in [-0.4, -0.2) is 29.9 Å². The minimum absolute atomic E-state index is 0.296. The van der Waals surface area contributed by atoms with E-state index in [9.17, 15) is 9.18 Å². The lowest BCUT2D eigenvalue weighted by molar-refractivity contribution is 0.101. The molecule has 4 rings (SSSR count). The molecule has 4 aromatic rings. The average molecular weight is 431 g/mol. The highest BCUT2D eigenvalue weighted by Gasteiger charge is 2.20. The van der Waals surface area contributed by atoms with E-state index in [0.29, 0.717) is 39.8 Å². The van der Waals surface area contributed by atoms with Crippen LogP contribution in [0.4, 0.5) is 10.1 Å².